The number of aryl methyl sites for hydroxylation is 2. The summed E-state index contributed by atoms with van der Waals surface area (Å²) in [5, 5.41) is 2.87. The number of carbonyl (C=O) groups excluding carboxylic acids is 1. The van der Waals surface area contributed by atoms with Crippen LogP contribution in [0.1, 0.15) is 30.5 Å². The summed E-state index contributed by atoms with van der Waals surface area (Å²) in [6.07, 6.45) is 0. The van der Waals surface area contributed by atoms with Gasteiger partial charge in [-0.3, -0.25) is 9.52 Å². The molecule has 0 heterocycles. The van der Waals surface area contributed by atoms with Crippen molar-refractivity contribution in [2.24, 2.45) is 0 Å². The smallest absolute Gasteiger partial charge is 0.261 e. The van der Waals surface area contributed by atoms with E-state index in [1.807, 2.05) is 76.2 Å². The molecule has 5 nitrogen and oxygen atoms in total. The van der Waals surface area contributed by atoms with Crippen LogP contribution in [0.25, 0.3) is 0 Å². The minimum Gasteiger partial charge on any atom is -0.325 e. The first-order valence-corrected chi connectivity index (χ1v) is 11.2. The molecular formula is C24H26N2O3S. The topological polar surface area (TPSA) is 75.3 Å². The average Bonchev–Trinajstić information content (AvgIpc) is 2.72. The fourth-order valence-corrected chi connectivity index (χ4v) is 4.36. The van der Waals surface area contributed by atoms with E-state index in [4.69, 9.17) is 0 Å². The number of carbonyl (C=O) groups is 1. The van der Waals surface area contributed by atoms with E-state index in [2.05, 4.69) is 10.0 Å². The first-order chi connectivity index (χ1) is 14.1. The van der Waals surface area contributed by atoms with E-state index < -0.39 is 15.4 Å². The number of hydrogen-bond donors (Lipinski definition) is 2. The molecule has 156 valence electrons. The van der Waals surface area contributed by atoms with Gasteiger partial charge < -0.3 is 5.32 Å². The highest BCUT2D eigenvalue weighted by atomic mass is 32.2. The number of benzene rings is 3. The Morgan fingerprint density at radius 1 is 0.800 bits per heavy atom. The Balaban J connectivity index is 1.77. The van der Waals surface area contributed by atoms with Crippen LogP contribution in [0.15, 0.2) is 77.7 Å². The first-order valence-electron chi connectivity index (χ1n) is 9.67. The van der Waals surface area contributed by atoms with Crippen LogP contribution >= 0.6 is 0 Å². The predicted molar refractivity (Wildman–Crippen MR) is 121 cm³/mol. The molecule has 3 rings (SSSR count). The molecule has 3 aromatic carbocycles. The maximum atomic E-state index is 12.8. The predicted octanol–water partition coefficient (Wildman–Crippen LogP) is 5.02. The van der Waals surface area contributed by atoms with Crippen LogP contribution in [0.5, 0.6) is 0 Å². The maximum Gasteiger partial charge on any atom is 0.261 e. The minimum absolute atomic E-state index is 0.130. The molecule has 0 saturated heterocycles. The molecule has 0 unspecified atom stereocenters. The van der Waals surface area contributed by atoms with Gasteiger partial charge in [0, 0.05) is 5.69 Å². The lowest BCUT2D eigenvalue weighted by Crippen LogP contribution is -2.34. The molecule has 3 aromatic rings. The summed E-state index contributed by atoms with van der Waals surface area (Å²) in [4.78, 5) is 12.9. The molecule has 0 aliphatic heterocycles. The van der Waals surface area contributed by atoms with Gasteiger partial charge in [0.25, 0.3) is 10.0 Å². The summed E-state index contributed by atoms with van der Waals surface area (Å²) in [7, 11) is -3.74. The van der Waals surface area contributed by atoms with Gasteiger partial charge in [0.2, 0.25) is 5.91 Å². The summed E-state index contributed by atoms with van der Waals surface area (Å²) < 4.78 is 28.2. The highest BCUT2D eigenvalue weighted by Gasteiger charge is 2.29. The zero-order chi connectivity index (χ0) is 21.9. The van der Waals surface area contributed by atoms with Crippen LogP contribution in [0, 0.1) is 13.8 Å². The van der Waals surface area contributed by atoms with Gasteiger partial charge >= 0.3 is 0 Å². The Bertz CT molecular complexity index is 1130. The van der Waals surface area contributed by atoms with Crippen molar-refractivity contribution in [1.29, 1.82) is 0 Å². The number of nitrogens with one attached hydrogen (secondary N) is 2. The molecule has 0 spiro atoms. The zero-order valence-corrected chi connectivity index (χ0v) is 18.4. The molecule has 0 aromatic heterocycles. The van der Waals surface area contributed by atoms with Crippen molar-refractivity contribution in [3.05, 3.63) is 89.5 Å². The number of rotatable bonds is 6. The van der Waals surface area contributed by atoms with Crippen molar-refractivity contribution in [3.63, 3.8) is 0 Å². The van der Waals surface area contributed by atoms with Crippen LogP contribution in [-0.2, 0) is 20.2 Å². The summed E-state index contributed by atoms with van der Waals surface area (Å²) in [5.41, 5.74) is 3.00. The zero-order valence-electron chi connectivity index (χ0n) is 17.6. The van der Waals surface area contributed by atoms with E-state index in [1.54, 1.807) is 12.1 Å². The molecule has 1 amide bonds. The Hall–Kier alpha value is -3.12. The third-order valence-corrected chi connectivity index (χ3v) is 6.57. The van der Waals surface area contributed by atoms with Gasteiger partial charge in [0.15, 0.2) is 0 Å². The van der Waals surface area contributed by atoms with Gasteiger partial charge in [0.05, 0.1) is 16.0 Å². The normalized spacial score (nSPS) is 11.7. The highest BCUT2D eigenvalue weighted by molar-refractivity contribution is 7.92. The van der Waals surface area contributed by atoms with Crippen molar-refractivity contribution in [2.75, 3.05) is 10.0 Å². The molecule has 0 atom stereocenters. The Morgan fingerprint density at radius 3 is 1.93 bits per heavy atom. The molecule has 0 saturated carbocycles. The number of para-hydroxylation sites is 1. The monoisotopic (exact) mass is 422 g/mol. The molecule has 30 heavy (non-hydrogen) atoms. The number of sulfonamides is 1. The number of anilines is 2. The van der Waals surface area contributed by atoms with Gasteiger partial charge in [-0.2, -0.15) is 0 Å². The van der Waals surface area contributed by atoms with Crippen molar-refractivity contribution < 1.29 is 13.2 Å². The Morgan fingerprint density at radius 2 is 1.37 bits per heavy atom. The molecule has 2 N–H and O–H groups in total. The average molecular weight is 423 g/mol. The van der Waals surface area contributed by atoms with Crippen molar-refractivity contribution in [1.82, 2.24) is 0 Å². The van der Waals surface area contributed by atoms with Crippen LogP contribution in [0.2, 0.25) is 0 Å². The molecular weight excluding hydrogens is 396 g/mol. The summed E-state index contributed by atoms with van der Waals surface area (Å²) in [6, 6.07) is 21.3. The number of hydrogen-bond acceptors (Lipinski definition) is 3. The molecule has 0 fully saturated rings. The minimum atomic E-state index is -3.74. The maximum absolute atomic E-state index is 12.8. The number of amides is 1. The summed E-state index contributed by atoms with van der Waals surface area (Å²) in [6.45, 7) is 7.42. The fourth-order valence-electron chi connectivity index (χ4n) is 3.16. The SMILES string of the molecule is Cc1cccc(C)c1NS(=O)(=O)c1ccc(NC(=O)C(C)(C)c2ccccc2)cc1. The van der Waals surface area contributed by atoms with Gasteiger partial charge in [0.1, 0.15) is 0 Å². The third kappa shape index (κ3) is 4.54. The third-order valence-electron chi connectivity index (χ3n) is 5.20. The Labute approximate surface area is 178 Å². The lowest BCUT2D eigenvalue weighted by atomic mass is 9.83. The van der Waals surface area contributed by atoms with Crippen LogP contribution in [0.3, 0.4) is 0 Å². The largest absolute Gasteiger partial charge is 0.325 e. The quantitative estimate of drug-likeness (QED) is 0.586. The first kappa shape index (κ1) is 21.6. The van der Waals surface area contributed by atoms with Gasteiger partial charge in [-0.05, 0) is 68.7 Å². The van der Waals surface area contributed by atoms with Crippen molar-refractivity contribution in [3.8, 4) is 0 Å². The second kappa shape index (κ2) is 8.32. The van der Waals surface area contributed by atoms with Crippen LogP contribution in [-0.4, -0.2) is 14.3 Å². The van der Waals surface area contributed by atoms with Gasteiger partial charge in [-0.1, -0.05) is 48.5 Å². The summed E-state index contributed by atoms with van der Waals surface area (Å²) >= 11 is 0. The van der Waals surface area contributed by atoms with Crippen LogP contribution < -0.4 is 10.0 Å². The molecule has 0 aliphatic rings. The van der Waals surface area contributed by atoms with Crippen molar-refractivity contribution in [2.45, 2.75) is 38.0 Å². The Kier molecular flexibility index (Phi) is 5.99. The van der Waals surface area contributed by atoms with Gasteiger partial charge in [-0.25, -0.2) is 8.42 Å². The molecule has 0 aliphatic carbocycles. The van der Waals surface area contributed by atoms with Gasteiger partial charge in [-0.15, -0.1) is 0 Å². The van der Waals surface area contributed by atoms with Crippen LogP contribution in [0.4, 0.5) is 11.4 Å². The van der Waals surface area contributed by atoms with E-state index in [9.17, 15) is 13.2 Å². The molecule has 0 bridgehead atoms. The van der Waals surface area contributed by atoms with E-state index in [1.165, 1.54) is 12.1 Å². The second-order valence-electron chi connectivity index (χ2n) is 7.84. The molecule has 0 radical (unpaired) electrons. The second-order valence-corrected chi connectivity index (χ2v) is 9.52. The van der Waals surface area contributed by atoms with E-state index in [0.717, 1.165) is 16.7 Å². The van der Waals surface area contributed by atoms with E-state index in [-0.39, 0.29) is 10.8 Å². The summed E-state index contributed by atoms with van der Waals surface area (Å²) in [5.74, 6) is -0.169. The fraction of sp³-hybridized carbons (Fsp3) is 0.208. The standard InChI is InChI=1S/C24H26N2O3S/c1-17-9-8-10-18(2)22(17)26-30(28,29)21-15-13-20(14-16-21)25-23(27)24(3,4)19-11-6-5-7-12-19/h5-16,26H,1-4H3,(H,25,27). The molecule has 6 heteroatoms. The van der Waals surface area contributed by atoms with Crippen molar-refractivity contribution >= 4 is 27.3 Å². The van der Waals surface area contributed by atoms with E-state index >= 15 is 0 Å². The lowest BCUT2D eigenvalue weighted by molar-refractivity contribution is -0.120. The van der Waals surface area contributed by atoms with E-state index in [0.29, 0.717) is 11.4 Å². The highest BCUT2D eigenvalue weighted by Crippen LogP contribution is 2.26. The lowest BCUT2D eigenvalue weighted by Gasteiger charge is -2.24.